The summed E-state index contributed by atoms with van der Waals surface area (Å²) in [6.45, 7) is 2.02. The van der Waals surface area contributed by atoms with Gasteiger partial charge in [0.2, 0.25) is 12.3 Å². The highest BCUT2D eigenvalue weighted by atomic mass is 35.5. The van der Waals surface area contributed by atoms with E-state index in [0.29, 0.717) is 16.3 Å². The summed E-state index contributed by atoms with van der Waals surface area (Å²) in [6, 6.07) is 20.7. The van der Waals surface area contributed by atoms with Crippen molar-refractivity contribution in [2.75, 3.05) is 7.11 Å². The van der Waals surface area contributed by atoms with Crippen LogP contribution < -0.4 is 15.5 Å². The quantitative estimate of drug-likeness (QED) is 0.585. The number of methoxy groups -OCH3 is 1. The van der Waals surface area contributed by atoms with Crippen LogP contribution in [-0.2, 0) is 4.79 Å². The molecule has 3 aromatic rings. The van der Waals surface area contributed by atoms with E-state index in [-0.39, 0.29) is 11.8 Å². The minimum absolute atomic E-state index is 0.295. The molecule has 0 radical (unpaired) electrons. The van der Waals surface area contributed by atoms with E-state index in [1.807, 2.05) is 61.7 Å². The number of nitrogens with zero attached hydrogens (tertiary/aromatic N) is 1. The molecule has 2 amide bonds. The Hall–Kier alpha value is -3.64. The number of hydrogen-bond donors (Lipinski definition) is 2. The summed E-state index contributed by atoms with van der Waals surface area (Å²) in [6.07, 6.45) is 1.86. The van der Waals surface area contributed by atoms with Crippen LogP contribution in [0.25, 0.3) is 0 Å². The maximum Gasteiger partial charge on any atom is 0.304 e. The molecule has 2 atom stereocenters. The van der Waals surface area contributed by atoms with E-state index in [1.54, 1.807) is 36.1 Å². The van der Waals surface area contributed by atoms with Crippen LogP contribution in [0.1, 0.15) is 33.1 Å². The van der Waals surface area contributed by atoms with Crippen molar-refractivity contribution >= 4 is 29.6 Å². The number of rotatable bonds is 5. The van der Waals surface area contributed by atoms with Gasteiger partial charge >= 0.3 is 5.91 Å². The number of hydrazine groups is 1. The lowest BCUT2D eigenvalue weighted by Gasteiger charge is -2.15. The van der Waals surface area contributed by atoms with Crippen LogP contribution in [0.4, 0.5) is 0 Å². The van der Waals surface area contributed by atoms with Crippen LogP contribution in [-0.4, -0.2) is 35.9 Å². The minimum Gasteiger partial charge on any atom is -0.497 e. The molecule has 4 rings (SSSR count). The molecule has 2 N–H and O–H groups in total. The first-order chi connectivity index (χ1) is 15.4. The van der Waals surface area contributed by atoms with Crippen molar-refractivity contribution in [3.63, 3.8) is 0 Å². The number of aryl methyl sites for hydroxylation is 1. The third-order valence-electron chi connectivity index (χ3n) is 5.35. The maximum absolute atomic E-state index is 12.9. The number of carbonyl (C=O) groups is 2. The van der Waals surface area contributed by atoms with Crippen LogP contribution in [0.2, 0.25) is 5.02 Å². The van der Waals surface area contributed by atoms with Gasteiger partial charge in [0, 0.05) is 21.7 Å². The van der Waals surface area contributed by atoms with E-state index in [0.717, 1.165) is 16.7 Å². The Morgan fingerprint density at radius 1 is 1.03 bits per heavy atom. The SMILES string of the molecule is COc1ccc([C@@H]2[C@H](NC(=O)c3ccc(Cl)cc3)C(=O)N/[N+]2=C\c2ccc(C)cc2)cc1. The molecule has 1 aliphatic heterocycles. The fourth-order valence-electron chi connectivity index (χ4n) is 3.62. The predicted octanol–water partition coefficient (Wildman–Crippen LogP) is 3.67. The predicted molar refractivity (Wildman–Crippen MR) is 123 cm³/mol. The van der Waals surface area contributed by atoms with Gasteiger partial charge in [0.25, 0.3) is 5.91 Å². The Morgan fingerprint density at radius 3 is 2.31 bits per heavy atom. The zero-order valence-electron chi connectivity index (χ0n) is 17.7. The number of amides is 2. The van der Waals surface area contributed by atoms with Gasteiger partial charge in [-0.1, -0.05) is 29.3 Å². The molecule has 0 aliphatic carbocycles. The minimum atomic E-state index is -0.798. The third-order valence-corrected chi connectivity index (χ3v) is 5.61. The number of benzene rings is 3. The number of hydrazone groups is 1. The van der Waals surface area contributed by atoms with E-state index in [2.05, 4.69) is 10.7 Å². The summed E-state index contributed by atoms with van der Waals surface area (Å²) in [5, 5.41) is 3.42. The van der Waals surface area contributed by atoms with Crippen LogP contribution in [0.5, 0.6) is 5.75 Å². The molecule has 7 heteroatoms. The molecule has 1 heterocycles. The molecule has 1 saturated heterocycles. The second kappa shape index (κ2) is 9.24. The normalized spacial score (nSPS) is 19.0. The number of carbonyl (C=O) groups excluding carboxylic acids is 2. The largest absolute Gasteiger partial charge is 0.497 e. The van der Waals surface area contributed by atoms with E-state index < -0.39 is 12.1 Å². The first-order valence-electron chi connectivity index (χ1n) is 10.2. The van der Waals surface area contributed by atoms with Crippen molar-refractivity contribution < 1.29 is 19.0 Å². The average molecular weight is 449 g/mol. The lowest BCUT2D eigenvalue weighted by atomic mass is 9.99. The Bertz CT molecular complexity index is 1160. The smallest absolute Gasteiger partial charge is 0.304 e. The standard InChI is InChI=1S/C25H22ClN3O3/c1-16-3-5-17(6-4-16)15-29-23(18-9-13-21(32-2)14-10-18)22(25(31)28-29)27-24(30)19-7-11-20(26)12-8-19/h3-15,22-23H,1-2H3,(H-,27,28,30,31)/p+1/b29-15-/t22-,23+/m0/s1. The summed E-state index contributed by atoms with van der Waals surface area (Å²) < 4.78 is 7.00. The van der Waals surface area contributed by atoms with Crippen LogP contribution in [0.3, 0.4) is 0 Å². The van der Waals surface area contributed by atoms with Gasteiger partial charge in [-0.05, 0) is 67.6 Å². The molecule has 0 spiro atoms. The Kier molecular flexibility index (Phi) is 6.23. The second-order valence-corrected chi connectivity index (χ2v) is 8.04. The van der Waals surface area contributed by atoms with Gasteiger partial charge in [0.05, 0.1) is 7.11 Å². The first kappa shape index (κ1) is 21.6. The van der Waals surface area contributed by atoms with Gasteiger partial charge in [0.15, 0.2) is 6.04 Å². The molecule has 3 aromatic carbocycles. The van der Waals surface area contributed by atoms with Gasteiger partial charge in [-0.15, -0.1) is 10.1 Å². The first-order valence-corrected chi connectivity index (χ1v) is 10.5. The van der Waals surface area contributed by atoms with E-state index >= 15 is 0 Å². The summed E-state index contributed by atoms with van der Waals surface area (Å²) in [5.74, 6) is 0.0656. The van der Waals surface area contributed by atoms with Crippen LogP contribution >= 0.6 is 11.6 Å². The molecule has 32 heavy (non-hydrogen) atoms. The summed E-state index contributed by atoms with van der Waals surface area (Å²) in [4.78, 5) is 25.8. The summed E-state index contributed by atoms with van der Waals surface area (Å²) in [7, 11) is 1.60. The lowest BCUT2D eigenvalue weighted by Crippen LogP contribution is -2.42. The number of hydrogen-bond acceptors (Lipinski definition) is 3. The Labute approximate surface area is 191 Å². The summed E-state index contributed by atoms with van der Waals surface area (Å²) >= 11 is 5.93. The molecule has 162 valence electrons. The van der Waals surface area contributed by atoms with Crippen molar-refractivity contribution in [2.24, 2.45) is 0 Å². The molecule has 1 fully saturated rings. The highest BCUT2D eigenvalue weighted by molar-refractivity contribution is 6.30. The second-order valence-electron chi connectivity index (χ2n) is 7.60. The number of ether oxygens (including phenoxy) is 1. The van der Waals surface area contributed by atoms with E-state index in [9.17, 15) is 9.59 Å². The third kappa shape index (κ3) is 4.65. The maximum atomic E-state index is 12.9. The van der Waals surface area contributed by atoms with Crippen molar-refractivity contribution in [3.05, 3.63) is 100 Å². The number of halogens is 1. The topological polar surface area (TPSA) is 70.4 Å². The average Bonchev–Trinajstić information content (AvgIpc) is 3.10. The molecule has 6 nitrogen and oxygen atoms in total. The molecule has 0 saturated carbocycles. The molecular weight excluding hydrogens is 426 g/mol. The van der Waals surface area contributed by atoms with E-state index in [1.165, 1.54) is 0 Å². The van der Waals surface area contributed by atoms with Crippen molar-refractivity contribution in [2.45, 2.75) is 19.0 Å². The van der Waals surface area contributed by atoms with Crippen molar-refractivity contribution in [1.29, 1.82) is 0 Å². The van der Waals surface area contributed by atoms with Crippen molar-refractivity contribution in [3.8, 4) is 5.75 Å². The Balaban J connectivity index is 1.69. The highest BCUT2D eigenvalue weighted by Crippen LogP contribution is 2.27. The fraction of sp³-hybridized carbons (Fsp3) is 0.160. The monoisotopic (exact) mass is 448 g/mol. The van der Waals surface area contributed by atoms with Gasteiger partial charge in [-0.25, -0.2) is 0 Å². The molecule has 0 unspecified atom stereocenters. The van der Waals surface area contributed by atoms with Gasteiger partial charge in [0.1, 0.15) is 5.75 Å². The van der Waals surface area contributed by atoms with Gasteiger partial charge in [-0.2, -0.15) is 0 Å². The van der Waals surface area contributed by atoms with Crippen LogP contribution in [0.15, 0.2) is 72.8 Å². The van der Waals surface area contributed by atoms with E-state index in [4.69, 9.17) is 16.3 Å². The zero-order valence-corrected chi connectivity index (χ0v) is 18.5. The van der Waals surface area contributed by atoms with Gasteiger partial charge in [-0.3, -0.25) is 9.59 Å². The van der Waals surface area contributed by atoms with Crippen LogP contribution in [0, 0.1) is 6.92 Å². The van der Waals surface area contributed by atoms with Gasteiger partial charge < -0.3 is 10.1 Å². The van der Waals surface area contributed by atoms with Crippen molar-refractivity contribution in [1.82, 2.24) is 10.7 Å². The molecule has 1 aliphatic rings. The molecular formula is C25H23ClN3O3+. The number of nitrogens with one attached hydrogen (secondary N) is 2. The highest BCUT2D eigenvalue weighted by Gasteiger charge is 2.47. The zero-order chi connectivity index (χ0) is 22.7. The Morgan fingerprint density at radius 2 is 1.69 bits per heavy atom. The summed E-state index contributed by atoms with van der Waals surface area (Å²) in [5.41, 5.74) is 6.24. The molecule has 0 aromatic heterocycles. The fourth-order valence-corrected chi connectivity index (χ4v) is 3.75. The molecule has 0 bridgehead atoms. The lowest BCUT2D eigenvalue weighted by molar-refractivity contribution is -0.596.